The smallest absolute Gasteiger partial charge is 0.338 e. The minimum absolute atomic E-state index is 0.132. The fourth-order valence-electron chi connectivity index (χ4n) is 9.56. The summed E-state index contributed by atoms with van der Waals surface area (Å²) in [6.07, 6.45) is -12.5. The van der Waals surface area contributed by atoms with E-state index in [1.165, 1.54) is 12.2 Å². The first-order valence-corrected chi connectivity index (χ1v) is 25.5. The first-order valence-electron chi connectivity index (χ1n) is 25.5. The zero-order chi connectivity index (χ0) is 55.3. The molecular formula is C56H68O21. The Morgan fingerprint density at radius 1 is 0.662 bits per heavy atom. The van der Waals surface area contributed by atoms with E-state index in [0.29, 0.717) is 5.39 Å². The molecule has 3 saturated heterocycles. The van der Waals surface area contributed by atoms with E-state index in [0.717, 1.165) is 60.1 Å². The highest BCUT2D eigenvalue weighted by Gasteiger charge is 2.56. The van der Waals surface area contributed by atoms with E-state index in [1.54, 1.807) is 42.5 Å². The van der Waals surface area contributed by atoms with Gasteiger partial charge in [0.15, 0.2) is 18.7 Å². The zero-order valence-electron chi connectivity index (χ0n) is 42.1. The van der Waals surface area contributed by atoms with Gasteiger partial charge >= 0.3 is 11.9 Å². The van der Waals surface area contributed by atoms with Gasteiger partial charge in [-0.2, -0.15) is 0 Å². The van der Waals surface area contributed by atoms with Gasteiger partial charge in [-0.05, 0) is 58.5 Å². The second-order valence-corrected chi connectivity index (χ2v) is 19.0. The molecule has 4 aromatic carbocycles. The lowest BCUT2D eigenvalue weighted by Crippen LogP contribution is -2.66. The van der Waals surface area contributed by atoms with Gasteiger partial charge in [0.2, 0.25) is 0 Å². The number of allylic oxidation sites excluding steroid dienone is 5. The molecule has 0 saturated carbocycles. The topological polar surface area (TPSA) is 342 Å². The predicted molar refractivity (Wildman–Crippen MR) is 274 cm³/mol. The van der Waals surface area contributed by atoms with Gasteiger partial charge in [-0.25, -0.2) is 9.59 Å². The van der Waals surface area contributed by atoms with E-state index in [-0.39, 0.29) is 23.1 Å². The molecule has 3 heterocycles. The summed E-state index contributed by atoms with van der Waals surface area (Å²) in [6, 6.07) is 18.1. The number of esters is 2. The van der Waals surface area contributed by atoms with Gasteiger partial charge in [0, 0.05) is 17.7 Å². The van der Waals surface area contributed by atoms with Gasteiger partial charge in [-0.3, -0.25) is 0 Å². The second kappa shape index (κ2) is 27.8. The van der Waals surface area contributed by atoms with Crippen molar-refractivity contribution in [1.82, 2.24) is 0 Å². The molecule has 0 aromatic heterocycles. The standard InChI is InChI=1S/C56H68O21/c1-2-3-4-5-6-7-9-17-32(60)18-10-8-11-22-42(63)75-52-49(69)51(43-31(26-57)23-33(61)25-38(43)62)72-40(28-59)50(52)76-56-53(77-55-48(68)46(66)44(64)39(27-58)73-55)47(67)45(65)41(74-56)29-71-54(70)37-24-30-16-12-13-19-34(30)35-20-14-15-21-36(35)37/h6-17,19-25,32,39-41,44-53,55-62,64-69H,2-5,18,26-29H2,1H3/b7-6+,10-8+,17-9+,22-11+/t32-,39-,40-,41-,44+,45+,46+,47+,48-,49+,50-,51+,52-,53-,55+,56+/m1/s1. The molecule has 4 aromatic rings. The number of hydrogen-bond acceptors (Lipinski definition) is 21. The summed E-state index contributed by atoms with van der Waals surface area (Å²) in [7, 11) is 0. The Hall–Kier alpha value is -5.70. The number of aliphatic hydroxyl groups excluding tert-OH is 10. The van der Waals surface area contributed by atoms with Crippen LogP contribution in [0.1, 0.15) is 66.6 Å². The molecule has 0 bridgehead atoms. The van der Waals surface area contributed by atoms with Crippen LogP contribution in [0.5, 0.6) is 11.5 Å². The lowest BCUT2D eigenvalue weighted by atomic mass is 9.88. The Labute approximate surface area is 443 Å². The number of phenols is 2. The molecule has 21 nitrogen and oxygen atoms in total. The molecule has 3 fully saturated rings. The zero-order valence-corrected chi connectivity index (χ0v) is 42.1. The maximum Gasteiger partial charge on any atom is 0.338 e. The van der Waals surface area contributed by atoms with Crippen LogP contribution in [0.15, 0.2) is 115 Å². The summed E-state index contributed by atoms with van der Waals surface area (Å²) in [4.78, 5) is 27.6. The Bertz CT molecular complexity index is 2710. The van der Waals surface area contributed by atoms with Crippen LogP contribution in [0.25, 0.3) is 21.5 Å². The maximum atomic E-state index is 14.0. The monoisotopic (exact) mass is 1080 g/mol. The van der Waals surface area contributed by atoms with Crippen molar-refractivity contribution in [3.63, 3.8) is 0 Å². The number of carbonyl (C=O) groups is 2. The molecule has 16 atom stereocenters. The number of benzene rings is 4. The van der Waals surface area contributed by atoms with E-state index < -0.39 is 148 Å². The highest BCUT2D eigenvalue weighted by atomic mass is 16.8. The van der Waals surface area contributed by atoms with Crippen LogP contribution in [-0.2, 0) is 44.6 Å². The van der Waals surface area contributed by atoms with Crippen LogP contribution in [0.4, 0.5) is 0 Å². The van der Waals surface area contributed by atoms with E-state index >= 15 is 0 Å². The molecule has 0 radical (unpaired) electrons. The fraction of sp³-hybridized carbons (Fsp3) is 0.464. The quantitative estimate of drug-likeness (QED) is 0.0176. The van der Waals surface area contributed by atoms with E-state index in [4.69, 9.17) is 33.2 Å². The number of ether oxygens (including phenoxy) is 7. The van der Waals surface area contributed by atoms with Crippen LogP contribution >= 0.6 is 0 Å². The van der Waals surface area contributed by atoms with Crippen molar-refractivity contribution in [2.75, 3.05) is 19.8 Å². The molecule has 0 unspecified atom stereocenters. The minimum Gasteiger partial charge on any atom is -0.508 e. The third-order valence-corrected chi connectivity index (χ3v) is 13.6. The fourth-order valence-corrected chi connectivity index (χ4v) is 9.56. The number of fused-ring (bicyclic) bond motifs is 3. The lowest BCUT2D eigenvalue weighted by molar-refractivity contribution is -0.382. The predicted octanol–water partition coefficient (Wildman–Crippen LogP) is 2.03. The summed E-state index contributed by atoms with van der Waals surface area (Å²) in [6.45, 7) is -1.31. The molecule has 3 aliphatic heterocycles. The van der Waals surface area contributed by atoms with Gasteiger partial charge in [0.05, 0.1) is 31.5 Å². The molecule has 0 spiro atoms. The SMILES string of the molecule is CCCCC/C=C/C=C/[C@@H](O)C/C=C/C=C/C(=O)O[C@@H]1[C@@H](O)[C@H](c2c(O)cc(O)cc2CO)O[C@H](CO)[C@H]1O[C@@H]1O[C@H](COC(=O)c2cc3ccccc3c3ccccc23)[C@H](O)[C@H](O)[C@H]1O[C@@H]1O[C@H](CO)[C@H](O)[C@H](O)[C@H]1O. The Morgan fingerprint density at radius 2 is 1.34 bits per heavy atom. The highest BCUT2D eigenvalue weighted by Crippen LogP contribution is 2.43. The van der Waals surface area contributed by atoms with Crippen molar-refractivity contribution in [3.8, 4) is 11.5 Å². The Balaban J connectivity index is 1.18. The molecule has 0 amide bonds. The maximum absolute atomic E-state index is 14.0. The van der Waals surface area contributed by atoms with Crippen molar-refractivity contribution >= 4 is 33.5 Å². The highest BCUT2D eigenvalue weighted by molar-refractivity contribution is 6.16. The number of aliphatic hydroxyl groups is 10. The second-order valence-electron chi connectivity index (χ2n) is 19.0. The summed E-state index contributed by atoms with van der Waals surface area (Å²) in [5.41, 5.74) is -0.251. The number of hydrogen-bond donors (Lipinski definition) is 12. The molecule has 7 rings (SSSR count). The van der Waals surface area contributed by atoms with Crippen LogP contribution in [0, 0.1) is 0 Å². The van der Waals surface area contributed by atoms with Crippen LogP contribution in [-0.4, -0.2) is 185 Å². The molecule has 0 aliphatic carbocycles. The number of rotatable bonds is 22. The van der Waals surface area contributed by atoms with Gasteiger partial charge < -0.3 is 94.4 Å². The summed E-state index contributed by atoms with van der Waals surface area (Å²) in [5, 5.41) is 133. The Kier molecular flexibility index (Phi) is 21.3. The third kappa shape index (κ3) is 14.1. The molecule has 12 N–H and O–H groups in total. The van der Waals surface area contributed by atoms with Crippen molar-refractivity contribution < 1.29 is 104 Å². The third-order valence-electron chi connectivity index (χ3n) is 13.6. The summed E-state index contributed by atoms with van der Waals surface area (Å²) < 4.78 is 41.7. The molecular weight excluding hydrogens is 1010 g/mol. The van der Waals surface area contributed by atoms with Crippen molar-refractivity contribution in [1.29, 1.82) is 0 Å². The largest absolute Gasteiger partial charge is 0.508 e. The van der Waals surface area contributed by atoms with Crippen LogP contribution in [0.3, 0.4) is 0 Å². The molecule has 418 valence electrons. The van der Waals surface area contributed by atoms with Crippen LogP contribution < -0.4 is 0 Å². The summed E-state index contributed by atoms with van der Waals surface area (Å²) in [5.74, 6) is -3.10. The first kappa shape index (κ1) is 59.0. The normalized spacial score (nSPS) is 30.5. The number of phenolic OH excluding ortho intramolecular Hbond substituents is 2. The number of carbonyl (C=O) groups excluding carboxylic acids is 2. The molecule has 21 heteroatoms. The van der Waals surface area contributed by atoms with Crippen LogP contribution in [0.2, 0.25) is 0 Å². The Morgan fingerprint density at radius 3 is 2.06 bits per heavy atom. The number of unbranched alkanes of at least 4 members (excludes halogenated alkanes) is 3. The van der Waals surface area contributed by atoms with Gasteiger partial charge in [0.1, 0.15) is 91.4 Å². The van der Waals surface area contributed by atoms with Crippen molar-refractivity contribution in [3.05, 3.63) is 132 Å². The van der Waals surface area contributed by atoms with Crippen molar-refractivity contribution in [2.24, 2.45) is 0 Å². The van der Waals surface area contributed by atoms with Gasteiger partial charge in [-0.1, -0.05) is 111 Å². The minimum atomic E-state index is -2.13. The average molecular weight is 1080 g/mol. The molecule has 3 aliphatic rings. The number of aromatic hydroxyl groups is 2. The van der Waals surface area contributed by atoms with Crippen molar-refractivity contribution in [2.45, 2.75) is 144 Å². The lowest BCUT2D eigenvalue weighted by Gasteiger charge is -2.49. The van der Waals surface area contributed by atoms with E-state index in [9.17, 15) is 70.9 Å². The summed E-state index contributed by atoms with van der Waals surface area (Å²) >= 11 is 0. The average Bonchev–Trinajstić information content (AvgIpc) is 3.47. The first-order chi connectivity index (χ1) is 37.1. The van der Waals surface area contributed by atoms with E-state index in [1.807, 2.05) is 42.5 Å². The van der Waals surface area contributed by atoms with E-state index in [2.05, 4.69) is 6.92 Å². The van der Waals surface area contributed by atoms with Gasteiger partial charge in [0.25, 0.3) is 0 Å². The van der Waals surface area contributed by atoms with Gasteiger partial charge in [-0.15, -0.1) is 0 Å². The molecule has 77 heavy (non-hydrogen) atoms.